The maximum atomic E-state index is 13.6. The standard InChI is InChI=1S/C17H24FN3O/c1-12-2-3-14(18)13(10-12)4-7-20-16(22)21-15-11-17(15)5-8-19-9-6-17/h2-3,10,15,19H,4-9,11H2,1H3,(H2,20,21,22). The van der Waals surface area contributed by atoms with E-state index in [0.29, 0.717) is 30.0 Å². The van der Waals surface area contributed by atoms with Gasteiger partial charge in [-0.15, -0.1) is 0 Å². The van der Waals surface area contributed by atoms with Gasteiger partial charge in [-0.25, -0.2) is 9.18 Å². The van der Waals surface area contributed by atoms with Crippen LogP contribution in [0.2, 0.25) is 0 Å². The Morgan fingerprint density at radius 1 is 1.41 bits per heavy atom. The van der Waals surface area contributed by atoms with E-state index in [1.54, 1.807) is 6.07 Å². The summed E-state index contributed by atoms with van der Waals surface area (Å²) in [5, 5.41) is 9.25. The number of carbonyl (C=O) groups excluding carboxylic acids is 1. The molecule has 22 heavy (non-hydrogen) atoms. The van der Waals surface area contributed by atoms with Crippen LogP contribution in [0.1, 0.15) is 30.4 Å². The van der Waals surface area contributed by atoms with Crippen molar-refractivity contribution in [3.05, 3.63) is 35.1 Å². The van der Waals surface area contributed by atoms with Crippen molar-refractivity contribution in [2.24, 2.45) is 5.41 Å². The maximum absolute atomic E-state index is 13.6. The summed E-state index contributed by atoms with van der Waals surface area (Å²) >= 11 is 0. The number of benzene rings is 1. The molecule has 1 aromatic rings. The number of urea groups is 1. The molecule has 3 N–H and O–H groups in total. The molecule has 1 unspecified atom stereocenters. The molecular formula is C17H24FN3O. The van der Waals surface area contributed by atoms with Crippen molar-refractivity contribution < 1.29 is 9.18 Å². The molecule has 0 bridgehead atoms. The first kappa shape index (κ1) is 15.3. The summed E-state index contributed by atoms with van der Waals surface area (Å²) in [6, 6.07) is 5.25. The lowest BCUT2D eigenvalue weighted by Gasteiger charge is -2.23. The Labute approximate surface area is 130 Å². The molecule has 120 valence electrons. The molecule has 1 saturated carbocycles. The van der Waals surface area contributed by atoms with Gasteiger partial charge >= 0.3 is 6.03 Å². The van der Waals surface area contributed by atoms with E-state index < -0.39 is 0 Å². The molecule has 1 heterocycles. The van der Waals surface area contributed by atoms with Crippen LogP contribution in [0.15, 0.2) is 18.2 Å². The van der Waals surface area contributed by atoms with Crippen LogP contribution in [0.3, 0.4) is 0 Å². The predicted molar refractivity (Wildman–Crippen MR) is 84.3 cm³/mol. The number of hydrogen-bond donors (Lipinski definition) is 3. The Morgan fingerprint density at radius 3 is 2.95 bits per heavy atom. The minimum Gasteiger partial charge on any atom is -0.338 e. The average molecular weight is 305 g/mol. The fraction of sp³-hybridized carbons (Fsp3) is 0.588. The molecule has 5 heteroatoms. The van der Waals surface area contributed by atoms with Crippen LogP contribution in [0.25, 0.3) is 0 Å². The minimum absolute atomic E-state index is 0.131. The van der Waals surface area contributed by atoms with Crippen LogP contribution in [0, 0.1) is 18.2 Å². The van der Waals surface area contributed by atoms with Gasteiger partial charge in [-0.3, -0.25) is 0 Å². The molecule has 1 spiro atoms. The van der Waals surface area contributed by atoms with Crippen molar-refractivity contribution in [3.63, 3.8) is 0 Å². The number of carbonyl (C=O) groups is 1. The Morgan fingerprint density at radius 2 is 2.18 bits per heavy atom. The zero-order valence-corrected chi connectivity index (χ0v) is 13.0. The molecule has 2 fully saturated rings. The van der Waals surface area contributed by atoms with Gasteiger partial charge in [0, 0.05) is 12.6 Å². The predicted octanol–water partition coefficient (Wildman–Crippen LogP) is 2.12. The Bertz CT molecular complexity index is 555. The number of amides is 2. The molecule has 0 aromatic heterocycles. The van der Waals surface area contributed by atoms with Crippen LogP contribution in [0.5, 0.6) is 0 Å². The lowest BCUT2D eigenvalue weighted by atomic mass is 9.94. The van der Waals surface area contributed by atoms with Crippen molar-refractivity contribution in [3.8, 4) is 0 Å². The fourth-order valence-corrected chi connectivity index (χ4v) is 3.44. The van der Waals surface area contributed by atoms with Crippen molar-refractivity contribution in [1.82, 2.24) is 16.0 Å². The van der Waals surface area contributed by atoms with E-state index in [-0.39, 0.29) is 11.8 Å². The third-order valence-electron chi connectivity index (χ3n) is 4.98. The number of aryl methyl sites for hydroxylation is 1. The highest BCUT2D eigenvalue weighted by Crippen LogP contribution is 2.52. The van der Waals surface area contributed by atoms with Crippen molar-refractivity contribution in [1.29, 1.82) is 0 Å². The molecule has 4 nitrogen and oxygen atoms in total. The number of rotatable bonds is 4. The quantitative estimate of drug-likeness (QED) is 0.798. The second-order valence-electron chi connectivity index (χ2n) is 6.61. The van der Waals surface area contributed by atoms with Gasteiger partial charge in [0.25, 0.3) is 0 Å². The van der Waals surface area contributed by atoms with E-state index >= 15 is 0 Å². The molecule has 3 rings (SSSR count). The van der Waals surface area contributed by atoms with Gasteiger partial charge in [0.15, 0.2) is 0 Å². The van der Waals surface area contributed by atoms with E-state index in [4.69, 9.17) is 0 Å². The van der Waals surface area contributed by atoms with Crippen LogP contribution in [-0.4, -0.2) is 31.7 Å². The zero-order valence-electron chi connectivity index (χ0n) is 13.0. The normalized spacial score (nSPS) is 22.4. The molecular weight excluding hydrogens is 281 g/mol. The Hall–Kier alpha value is -1.62. The fourth-order valence-electron chi connectivity index (χ4n) is 3.44. The van der Waals surface area contributed by atoms with E-state index in [1.807, 2.05) is 13.0 Å². The highest BCUT2D eigenvalue weighted by molar-refractivity contribution is 5.74. The van der Waals surface area contributed by atoms with Crippen LogP contribution >= 0.6 is 0 Å². The summed E-state index contributed by atoms with van der Waals surface area (Å²) in [4.78, 5) is 11.9. The van der Waals surface area contributed by atoms with Crippen molar-refractivity contribution in [2.75, 3.05) is 19.6 Å². The smallest absolute Gasteiger partial charge is 0.315 e. The topological polar surface area (TPSA) is 53.2 Å². The maximum Gasteiger partial charge on any atom is 0.315 e. The third kappa shape index (κ3) is 3.40. The first-order chi connectivity index (χ1) is 10.6. The van der Waals surface area contributed by atoms with E-state index in [9.17, 15) is 9.18 Å². The van der Waals surface area contributed by atoms with Gasteiger partial charge in [0.2, 0.25) is 0 Å². The summed E-state index contributed by atoms with van der Waals surface area (Å²) in [5.74, 6) is -0.205. The monoisotopic (exact) mass is 305 g/mol. The van der Waals surface area contributed by atoms with Crippen LogP contribution in [0.4, 0.5) is 9.18 Å². The second-order valence-corrected chi connectivity index (χ2v) is 6.61. The molecule has 1 aromatic carbocycles. The number of halogens is 1. The Balaban J connectivity index is 1.41. The Kier molecular flexibility index (Phi) is 4.34. The first-order valence-corrected chi connectivity index (χ1v) is 8.09. The highest BCUT2D eigenvalue weighted by atomic mass is 19.1. The largest absolute Gasteiger partial charge is 0.338 e. The molecule has 1 aliphatic carbocycles. The van der Waals surface area contributed by atoms with Crippen LogP contribution < -0.4 is 16.0 Å². The summed E-state index contributed by atoms with van der Waals surface area (Å²) in [6.45, 7) is 4.49. The summed E-state index contributed by atoms with van der Waals surface area (Å²) in [5.41, 5.74) is 2.03. The summed E-state index contributed by atoms with van der Waals surface area (Å²) in [7, 11) is 0. The first-order valence-electron chi connectivity index (χ1n) is 8.09. The van der Waals surface area contributed by atoms with Crippen molar-refractivity contribution in [2.45, 2.75) is 38.6 Å². The lowest BCUT2D eigenvalue weighted by molar-refractivity contribution is 0.236. The minimum atomic E-state index is -0.205. The van der Waals surface area contributed by atoms with Gasteiger partial charge in [-0.05, 0) is 62.7 Å². The summed E-state index contributed by atoms with van der Waals surface area (Å²) < 4.78 is 13.6. The molecule has 1 aliphatic heterocycles. The van der Waals surface area contributed by atoms with E-state index in [2.05, 4.69) is 16.0 Å². The van der Waals surface area contributed by atoms with Gasteiger partial charge < -0.3 is 16.0 Å². The van der Waals surface area contributed by atoms with Gasteiger partial charge in [0.1, 0.15) is 5.82 Å². The number of nitrogens with one attached hydrogen (secondary N) is 3. The highest BCUT2D eigenvalue weighted by Gasteiger charge is 2.54. The lowest BCUT2D eigenvalue weighted by Crippen LogP contribution is -2.41. The third-order valence-corrected chi connectivity index (χ3v) is 4.98. The van der Waals surface area contributed by atoms with Gasteiger partial charge in [-0.2, -0.15) is 0 Å². The van der Waals surface area contributed by atoms with Crippen molar-refractivity contribution >= 4 is 6.03 Å². The summed E-state index contributed by atoms with van der Waals surface area (Å²) in [6.07, 6.45) is 3.90. The van der Waals surface area contributed by atoms with Crippen LogP contribution in [-0.2, 0) is 6.42 Å². The van der Waals surface area contributed by atoms with E-state index in [0.717, 1.165) is 37.9 Å². The van der Waals surface area contributed by atoms with Gasteiger partial charge in [0.05, 0.1) is 0 Å². The van der Waals surface area contributed by atoms with E-state index in [1.165, 1.54) is 6.07 Å². The SMILES string of the molecule is Cc1ccc(F)c(CCNC(=O)NC2CC23CCNCC3)c1. The second kappa shape index (κ2) is 6.24. The molecule has 1 atom stereocenters. The molecule has 2 aliphatic rings. The number of hydrogen-bond acceptors (Lipinski definition) is 2. The van der Waals surface area contributed by atoms with Gasteiger partial charge in [-0.1, -0.05) is 17.7 Å². The molecule has 0 radical (unpaired) electrons. The average Bonchev–Trinajstić information content (AvgIpc) is 3.14. The molecule has 1 saturated heterocycles. The molecule has 2 amide bonds. The zero-order chi connectivity index (χ0) is 15.6. The number of piperidine rings is 1.